The number of carbonyl (C=O) groups excluding carboxylic acids is 1. The monoisotopic (exact) mass is 442 g/mol. The number of nitrogens with zero attached hydrogens (tertiary/aromatic N) is 4. The average Bonchev–Trinajstić information content (AvgIpc) is 2.75. The molecule has 3 aromatic rings. The summed E-state index contributed by atoms with van der Waals surface area (Å²) in [7, 11) is 0. The molecule has 166 valence electrons. The summed E-state index contributed by atoms with van der Waals surface area (Å²) < 4.78 is 0. The first-order valence-electron chi connectivity index (χ1n) is 9.19. The van der Waals surface area contributed by atoms with Gasteiger partial charge in [0.1, 0.15) is 11.9 Å². The molecule has 3 heterocycles. The molecule has 0 aliphatic rings. The number of anilines is 2. The second-order valence-corrected chi connectivity index (χ2v) is 6.57. The number of nitrogen functional groups attached to an aromatic ring is 1. The highest BCUT2D eigenvalue weighted by molar-refractivity contribution is 5.96. The van der Waals surface area contributed by atoms with Gasteiger partial charge in [-0.3, -0.25) is 19.4 Å². The minimum Gasteiger partial charge on any atom is -0.481 e. The zero-order valence-corrected chi connectivity index (χ0v) is 16.4. The van der Waals surface area contributed by atoms with Gasteiger partial charge in [0.15, 0.2) is 11.2 Å². The van der Waals surface area contributed by atoms with Crippen LogP contribution in [0.2, 0.25) is 0 Å². The molecule has 0 aromatic carbocycles. The third kappa shape index (κ3) is 5.50. The molecule has 0 fully saturated rings. The van der Waals surface area contributed by atoms with Crippen LogP contribution in [0.4, 0.5) is 11.8 Å². The number of carboxylic acid groups (broad SMARTS) is 2. The fourth-order valence-electron chi connectivity index (χ4n) is 2.64. The maximum absolute atomic E-state index is 12.2. The number of H-pyrrole nitrogens is 1. The van der Waals surface area contributed by atoms with E-state index in [1.165, 1.54) is 24.5 Å². The van der Waals surface area contributed by atoms with Crippen LogP contribution in [-0.2, 0) is 16.1 Å². The molecular weight excluding hydrogens is 424 g/mol. The minimum atomic E-state index is -1.34. The first kappa shape index (κ1) is 22.1. The minimum absolute atomic E-state index is 0.0364. The van der Waals surface area contributed by atoms with Gasteiger partial charge in [-0.25, -0.2) is 19.7 Å². The van der Waals surface area contributed by atoms with Crippen molar-refractivity contribution in [2.24, 2.45) is 0 Å². The second-order valence-electron chi connectivity index (χ2n) is 6.57. The molecule has 0 radical (unpaired) electrons. The molecule has 0 saturated carbocycles. The van der Waals surface area contributed by atoms with Crippen LogP contribution in [0.5, 0.6) is 0 Å². The number of nitrogens with one attached hydrogen (secondary N) is 3. The number of rotatable bonds is 9. The lowest BCUT2D eigenvalue weighted by Crippen LogP contribution is -2.41. The summed E-state index contributed by atoms with van der Waals surface area (Å²) in [6.07, 6.45) is 2.01. The molecular formula is C18H18N8O6. The summed E-state index contributed by atoms with van der Waals surface area (Å²) in [4.78, 5) is 64.5. The van der Waals surface area contributed by atoms with E-state index in [1.54, 1.807) is 0 Å². The van der Waals surface area contributed by atoms with Crippen LogP contribution in [0.1, 0.15) is 28.9 Å². The smallest absolute Gasteiger partial charge is 0.326 e. The van der Waals surface area contributed by atoms with Gasteiger partial charge in [-0.15, -0.1) is 0 Å². The lowest BCUT2D eigenvalue weighted by molar-refractivity contribution is -0.140. The standard InChI is InChI=1S/C18H18N8O6/c19-18-25-14-13(16(30)26-18)23-9(7-22-14)6-21-11-3-1-8(5-20-11)15(29)24-10(17(31)32)2-4-12(27)28/h1,3,5,7,10H,2,4,6H2,(H,20,21)(H,24,29)(H,27,28)(H,31,32)(H3,19,22,25,26,30). The van der Waals surface area contributed by atoms with Gasteiger partial charge < -0.3 is 26.6 Å². The van der Waals surface area contributed by atoms with E-state index in [1.807, 2.05) is 0 Å². The fraction of sp³-hybridized carbons (Fsp3) is 0.222. The Morgan fingerprint density at radius 1 is 1.12 bits per heavy atom. The third-order valence-electron chi connectivity index (χ3n) is 4.21. The van der Waals surface area contributed by atoms with Gasteiger partial charge in [0.25, 0.3) is 11.5 Å². The van der Waals surface area contributed by atoms with Crippen molar-refractivity contribution in [1.82, 2.24) is 30.2 Å². The van der Waals surface area contributed by atoms with E-state index >= 15 is 0 Å². The first-order chi connectivity index (χ1) is 15.2. The predicted octanol–water partition coefficient (Wildman–Crippen LogP) is -0.650. The van der Waals surface area contributed by atoms with Gasteiger partial charge in [-0.1, -0.05) is 0 Å². The highest BCUT2D eigenvalue weighted by Crippen LogP contribution is 2.09. The molecule has 1 amide bonds. The van der Waals surface area contributed by atoms with Gasteiger partial charge in [-0.2, -0.15) is 4.98 Å². The molecule has 0 aliphatic carbocycles. The van der Waals surface area contributed by atoms with Crippen molar-refractivity contribution in [2.75, 3.05) is 11.1 Å². The molecule has 0 aliphatic heterocycles. The highest BCUT2D eigenvalue weighted by Gasteiger charge is 2.21. The number of hydrogen-bond acceptors (Lipinski definition) is 10. The summed E-state index contributed by atoms with van der Waals surface area (Å²) in [5.41, 5.74) is 5.63. The van der Waals surface area contributed by atoms with E-state index in [2.05, 4.69) is 35.6 Å². The van der Waals surface area contributed by atoms with Crippen LogP contribution < -0.4 is 21.9 Å². The largest absolute Gasteiger partial charge is 0.481 e. The Bertz CT molecular complexity index is 1230. The van der Waals surface area contributed by atoms with Gasteiger partial charge >= 0.3 is 11.9 Å². The number of nitrogens with two attached hydrogens (primary N) is 1. The van der Waals surface area contributed by atoms with E-state index in [0.717, 1.165) is 0 Å². The number of pyridine rings is 1. The number of hydrogen-bond donors (Lipinski definition) is 6. The van der Waals surface area contributed by atoms with Gasteiger partial charge in [0, 0.05) is 12.6 Å². The van der Waals surface area contributed by atoms with Crippen molar-refractivity contribution in [2.45, 2.75) is 25.4 Å². The van der Waals surface area contributed by atoms with Crippen LogP contribution in [0, 0.1) is 0 Å². The Kier molecular flexibility index (Phi) is 6.53. The van der Waals surface area contributed by atoms with E-state index in [0.29, 0.717) is 11.5 Å². The van der Waals surface area contributed by atoms with E-state index in [4.69, 9.17) is 15.9 Å². The molecule has 0 spiro atoms. The number of amides is 1. The Balaban J connectivity index is 1.62. The molecule has 1 atom stereocenters. The zero-order chi connectivity index (χ0) is 23.3. The van der Waals surface area contributed by atoms with Gasteiger partial charge in [0.05, 0.1) is 24.0 Å². The zero-order valence-electron chi connectivity index (χ0n) is 16.4. The predicted molar refractivity (Wildman–Crippen MR) is 110 cm³/mol. The van der Waals surface area contributed by atoms with Crippen molar-refractivity contribution >= 4 is 40.8 Å². The third-order valence-corrected chi connectivity index (χ3v) is 4.21. The van der Waals surface area contributed by atoms with Crippen molar-refractivity contribution in [1.29, 1.82) is 0 Å². The number of fused-ring (bicyclic) bond motifs is 1. The van der Waals surface area contributed by atoms with Crippen LogP contribution in [0.15, 0.2) is 29.3 Å². The summed E-state index contributed by atoms with van der Waals surface area (Å²) in [5, 5.41) is 23.0. The van der Waals surface area contributed by atoms with Crippen molar-refractivity contribution in [3.05, 3.63) is 46.1 Å². The lowest BCUT2D eigenvalue weighted by Gasteiger charge is -2.13. The van der Waals surface area contributed by atoms with Crippen molar-refractivity contribution in [3.63, 3.8) is 0 Å². The normalized spacial score (nSPS) is 11.6. The fourth-order valence-corrected chi connectivity index (χ4v) is 2.64. The SMILES string of the molecule is Nc1nc2ncc(CNc3ccc(C(=O)NC(CCC(=O)O)C(=O)O)cn3)nc2c(=O)[nH]1. The number of aliphatic carboxylic acids is 2. The van der Waals surface area contributed by atoms with Crippen LogP contribution >= 0.6 is 0 Å². The lowest BCUT2D eigenvalue weighted by atomic mass is 10.1. The van der Waals surface area contributed by atoms with E-state index < -0.39 is 35.9 Å². The molecule has 32 heavy (non-hydrogen) atoms. The first-order valence-corrected chi connectivity index (χ1v) is 9.19. The highest BCUT2D eigenvalue weighted by atomic mass is 16.4. The molecule has 14 heteroatoms. The van der Waals surface area contributed by atoms with Crippen molar-refractivity contribution < 1.29 is 24.6 Å². The number of aromatic nitrogens is 5. The Morgan fingerprint density at radius 2 is 1.91 bits per heavy atom. The molecule has 0 saturated heterocycles. The molecule has 14 nitrogen and oxygen atoms in total. The van der Waals surface area contributed by atoms with Crippen LogP contribution in [-0.4, -0.2) is 59.0 Å². The van der Waals surface area contributed by atoms with Gasteiger partial charge in [0.2, 0.25) is 5.95 Å². The van der Waals surface area contributed by atoms with Crippen LogP contribution in [0.3, 0.4) is 0 Å². The number of aromatic amines is 1. The maximum atomic E-state index is 12.2. The molecule has 1 unspecified atom stereocenters. The Hall–Kier alpha value is -4.62. The number of carbonyl (C=O) groups is 3. The molecule has 3 aromatic heterocycles. The maximum Gasteiger partial charge on any atom is 0.326 e. The molecule has 3 rings (SSSR count). The summed E-state index contributed by atoms with van der Waals surface area (Å²) >= 11 is 0. The van der Waals surface area contributed by atoms with Crippen molar-refractivity contribution in [3.8, 4) is 0 Å². The summed E-state index contributed by atoms with van der Waals surface area (Å²) in [6, 6.07) is 1.58. The van der Waals surface area contributed by atoms with Gasteiger partial charge in [-0.05, 0) is 18.6 Å². The second kappa shape index (κ2) is 9.46. The van der Waals surface area contributed by atoms with Crippen LogP contribution in [0.25, 0.3) is 11.2 Å². The Labute approximate surface area is 178 Å². The Morgan fingerprint density at radius 3 is 2.56 bits per heavy atom. The summed E-state index contributed by atoms with van der Waals surface area (Å²) in [5.74, 6) is -2.88. The quantitative estimate of drug-likeness (QED) is 0.243. The van der Waals surface area contributed by atoms with E-state index in [9.17, 15) is 19.2 Å². The molecule has 7 N–H and O–H groups in total. The topological polar surface area (TPSA) is 226 Å². The molecule has 0 bridgehead atoms. The average molecular weight is 442 g/mol. The number of carboxylic acids is 2. The summed E-state index contributed by atoms with van der Waals surface area (Å²) in [6.45, 7) is 0.168. The van der Waals surface area contributed by atoms with E-state index in [-0.39, 0.29) is 35.6 Å².